The van der Waals surface area contributed by atoms with Crippen LogP contribution in [0.4, 0.5) is 0 Å². The molecule has 0 saturated carbocycles. The van der Waals surface area contributed by atoms with E-state index < -0.39 is 0 Å². The predicted octanol–water partition coefficient (Wildman–Crippen LogP) is 2.50. The topological polar surface area (TPSA) is 42.4 Å². The van der Waals surface area contributed by atoms with Crippen molar-refractivity contribution >= 4 is 5.78 Å². The molecule has 4 heteroatoms. The van der Waals surface area contributed by atoms with Crippen LogP contribution in [-0.2, 0) is 4.74 Å². The number of pyridine rings is 1. The van der Waals surface area contributed by atoms with Crippen LogP contribution in [0.15, 0.2) is 18.3 Å². The average molecular weight is 276 g/mol. The Labute approximate surface area is 121 Å². The number of carbonyl (C=O) groups excluding carboxylic acids is 1. The minimum Gasteiger partial charge on any atom is -0.379 e. The van der Waals surface area contributed by atoms with E-state index in [1.165, 1.54) is 5.56 Å². The summed E-state index contributed by atoms with van der Waals surface area (Å²) >= 11 is 0. The number of morpholine rings is 1. The van der Waals surface area contributed by atoms with Crippen molar-refractivity contribution in [3.8, 4) is 0 Å². The van der Waals surface area contributed by atoms with Gasteiger partial charge in [0.15, 0.2) is 5.78 Å². The van der Waals surface area contributed by atoms with Crippen molar-refractivity contribution in [2.45, 2.75) is 32.6 Å². The maximum atomic E-state index is 12.2. The average Bonchev–Trinajstić information content (AvgIpc) is 2.48. The van der Waals surface area contributed by atoms with Gasteiger partial charge in [-0.05, 0) is 36.6 Å². The molecular formula is C16H24N2O2. The fourth-order valence-corrected chi connectivity index (χ4v) is 2.37. The smallest absolute Gasteiger partial charge is 0.181 e. The first kappa shape index (κ1) is 15.1. The molecule has 2 rings (SSSR count). The van der Waals surface area contributed by atoms with E-state index in [1.54, 1.807) is 6.20 Å². The number of nitrogens with zero attached hydrogens (tertiary/aromatic N) is 2. The quantitative estimate of drug-likeness (QED) is 0.749. The van der Waals surface area contributed by atoms with Crippen LogP contribution in [0.5, 0.6) is 0 Å². The SMILES string of the molecule is CC(C)c1ccnc(C(=O)CCCN2CCOCC2)c1. The first-order chi connectivity index (χ1) is 9.66. The van der Waals surface area contributed by atoms with Crippen LogP contribution in [-0.4, -0.2) is 48.5 Å². The van der Waals surface area contributed by atoms with Gasteiger partial charge < -0.3 is 4.74 Å². The Morgan fingerprint density at radius 1 is 1.40 bits per heavy atom. The molecule has 1 aromatic heterocycles. The molecular weight excluding hydrogens is 252 g/mol. The van der Waals surface area contributed by atoms with E-state index in [4.69, 9.17) is 4.74 Å². The van der Waals surface area contributed by atoms with E-state index >= 15 is 0 Å². The Morgan fingerprint density at radius 2 is 2.15 bits per heavy atom. The van der Waals surface area contributed by atoms with Crippen LogP contribution in [0.25, 0.3) is 0 Å². The molecule has 0 atom stereocenters. The van der Waals surface area contributed by atoms with Crippen LogP contribution in [0, 0.1) is 0 Å². The third kappa shape index (κ3) is 4.39. The lowest BCUT2D eigenvalue weighted by molar-refractivity contribution is 0.0371. The van der Waals surface area contributed by atoms with E-state index in [0.29, 0.717) is 18.0 Å². The normalized spacial score (nSPS) is 16.6. The van der Waals surface area contributed by atoms with Gasteiger partial charge in [0.05, 0.1) is 13.2 Å². The standard InChI is InChI=1S/C16H24N2O2/c1-13(2)14-5-6-17-15(12-14)16(19)4-3-7-18-8-10-20-11-9-18/h5-6,12-13H,3-4,7-11H2,1-2H3. The van der Waals surface area contributed by atoms with E-state index in [2.05, 4.69) is 23.7 Å². The van der Waals surface area contributed by atoms with E-state index in [9.17, 15) is 4.79 Å². The first-order valence-corrected chi connectivity index (χ1v) is 7.46. The zero-order valence-corrected chi connectivity index (χ0v) is 12.5. The number of ketones is 1. The van der Waals surface area contributed by atoms with Crippen LogP contribution in [0.1, 0.15) is 48.7 Å². The molecule has 1 aliphatic rings. The van der Waals surface area contributed by atoms with Gasteiger partial charge in [0.1, 0.15) is 5.69 Å². The molecule has 0 aromatic carbocycles. The van der Waals surface area contributed by atoms with Crippen LogP contribution in [0.2, 0.25) is 0 Å². The number of aromatic nitrogens is 1. The predicted molar refractivity (Wildman–Crippen MR) is 79.1 cm³/mol. The Kier molecular flexibility index (Phi) is 5.68. The molecule has 1 fully saturated rings. The number of Topliss-reactive ketones (excluding diaryl/α,β-unsaturated/α-hetero) is 1. The van der Waals surface area contributed by atoms with Crippen LogP contribution >= 0.6 is 0 Å². The highest BCUT2D eigenvalue weighted by Crippen LogP contribution is 2.15. The summed E-state index contributed by atoms with van der Waals surface area (Å²) in [5.74, 6) is 0.582. The van der Waals surface area contributed by atoms with Gasteiger partial charge in [-0.2, -0.15) is 0 Å². The molecule has 2 heterocycles. The third-order valence-corrected chi connectivity index (χ3v) is 3.72. The highest BCUT2D eigenvalue weighted by atomic mass is 16.5. The Morgan fingerprint density at radius 3 is 2.85 bits per heavy atom. The van der Waals surface area contributed by atoms with E-state index in [1.807, 2.05) is 12.1 Å². The molecule has 0 bridgehead atoms. The summed E-state index contributed by atoms with van der Waals surface area (Å²) in [6, 6.07) is 3.91. The summed E-state index contributed by atoms with van der Waals surface area (Å²) in [6.45, 7) is 8.81. The zero-order chi connectivity index (χ0) is 14.4. The second-order valence-corrected chi connectivity index (χ2v) is 5.61. The molecule has 1 aromatic rings. The maximum Gasteiger partial charge on any atom is 0.181 e. The second kappa shape index (κ2) is 7.50. The van der Waals surface area contributed by atoms with Crippen molar-refractivity contribution in [3.63, 3.8) is 0 Å². The number of hydrogen-bond donors (Lipinski definition) is 0. The molecule has 1 saturated heterocycles. The summed E-state index contributed by atoms with van der Waals surface area (Å²) in [5, 5.41) is 0. The van der Waals surface area contributed by atoms with Crippen molar-refractivity contribution < 1.29 is 9.53 Å². The molecule has 0 amide bonds. The maximum absolute atomic E-state index is 12.2. The Balaban J connectivity index is 1.80. The summed E-state index contributed by atoms with van der Waals surface area (Å²) in [6.07, 6.45) is 3.21. The number of rotatable bonds is 6. The fourth-order valence-electron chi connectivity index (χ4n) is 2.37. The van der Waals surface area contributed by atoms with Gasteiger partial charge in [0.2, 0.25) is 0 Å². The highest BCUT2D eigenvalue weighted by molar-refractivity contribution is 5.94. The molecule has 0 N–H and O–H groups in total. The minimum atomic E-state index is 0.153. The minimum absolute atomic E-state index is 0.153. The first-order valence-electron chi connectivity index (χ1n) is 7.46. The summed E-state index contributed by atoms with van der Waals surface area (Å²) in [7, 11) is 0. The van der Waals surface area contributed by atoms with Crippen molar-refractivity contribution in [1.29, 1.82) is 0 Å². The lowest BCUT2D eigenvalue weighted by Crippen LogP contribution is -2.36. The van der Waals surface area contributed by atoms with Gasteiger partial charge in [-0.1, -0.05) is 13.8 Å². The van der Waals surface area contributed by atoms with Crippen molar-refractivity contribution in [2.24, 2.45) is 0 Å². The molecule has 0 unspecified atom stereocenters. The zero-order valence-electron chi connectivity index (χ0n) is 12.5. The largest absolute Gasteiger partial charge is 0.379 e. The summed E-state index contributed by atoms with van der Waals surface area (Å²) in [4.78, 5) is 18.7. The third-order valence-electron chi connectivity index (χ3n) is 3.72. The Bertz CT molecular complexity index is 440. The Hall–Kier alpha value is -1.26. The van der Waals surface area contributed by atoms with Gasteiger partial charge in [0, 0.05) is 25.7 Å². The molecule has 20 heavy (non-hydrogen) atoms. The number of ether oxygens (including phenoxy) is 1. The second-order valence-electron chi connectivity index (χ2n) is 5.61. The van der Waals surface area contributed by atoms with Crippen molar-refractivity contribution in [3.05, 3.63) is 29.6 Å². The summed E-state index contributed by atoms with van der Waals surface area (Å²) in [5.41, 5.74) is 1.79. The number of carbonyl (C=O) groups is 1. The number of hydrogen-bond acceptors (Lipinski definition) is 4. The fraction of sp³-hybridized carbons (Fsp3) is 0.625. The molecule has 4 nitrogen and oxygen atoms in total. The van der Waals surface area contributed by atoms with Gasteiger partial charge in [-0.15, -0.1) is 0 Å². The molecule has 1 aliphatic heterocycles. The van der Waals surface area contributed by atoms with Gasteiger partial charge in [-0.25, -0.2) is 0 Å². The molecule has 0 radical (unpaired) electrons. The summed E-state index contributed by atoms with van der Waals surface area (Å²) < 4.78 is 5.31. The van der Waals surface area contributed by atoms with Gasteiger partial charge >= 0.3 is 0 Å². The van der Waals surface area contributed by atoms with E-state index in [-0.39, 0.29) is 5.78 Å². The van der Waals surface area contributed by atoms with Crippen LogP contribution in [0.3, 0.4) is 0 Å². The van der Waals surface area contributed by atoms with Crippen molar-refractivity contribution in [1.82, 2.24) is 9.88 Å². The monoisotopic (exact) mass is 276 g/mol. The van der Waals surface area contributed by atoms with Crippen LogP contribution < -0.4 is 0 Å². The lowest BCUT2D eigenvalue weighted by atomic mass is 10.0. The molecule has 110 valence electrons. The van der Waals surface area contributed by atoms with E-state index in [0.717, 1.165) is 39.3 Å². The lowest BCUT2D eigenvalue weighted by Gasteiger charge is -2.26. The van der Waals surface area contributed by atoms with Gasteiger partial charge in [0.25, 0.3) is 0 Å². The molecule has 0 aliphatic carbocycles. The molecule has 0 spiro atoms. The highest BCUT2D eigenvalue weighted by Gasteiger charge is 2.12. The van der Waals surface area contributed by atoms with Gasteiger partial charge in [-0.3, -0.25) is 14.7 Å². The van der Waals surface area contributed by atoms with Crippen molar-refractivity contribution in [2.75, 3.05) is 32.8 Å².